The number of hydrazone groups is 1. The van der Waals surface area contributed by atoms with E-state index in [1.165, 1.54) is 6.21 Å². The van der Waals surface area contributed by atoms with E-state index in [-0.39, 0.29) is 12.5 Å². The van der Waals surface area contributed by atoms with E-state index in [1.807, 2.05) is 12.1 Å². The lowest BCUT2D eigenvalue weighted by Gasteiger charge is -2.05. The summed E-state index contributed by atoms with van der Waals surface area (Å²) >= 11 is 9.21. The summed E-state index contributed by atoms with van der Waals surface area (Å²) < 4.78 is 11.2. The number of hydrogen-bond acceptors (Lipinski definition) is 4. The first-order valence-electron chi connectivity index (χ1n) is 6.62. The highest BCUT2D eigenvalue weighted by atomic mass is 79.9. The van der Waals surface area contributed by atoms with Crippen molar-refractivity contribution in [1.82, 2.24) is 5.43 Å². The van der Waals surface area contributed by atoms with E-state index < -0.39 is 0 Å². The molecular formula is C16H14BrClN2O3. The summed E-state index contributed by atoms with van der Waals surface area (Å²) in [6, 6.07) is 12.3. The molecule has 0 aliphatic heterocycles. The Balaban J connectivity index is 1.83. The van der Waals surface area contributed by atoms with E-state index >= 15 is 0 Å². The monoisotopic (exact) mass is 396 g/mol. The number of halogens is 2. The summed E-state index contributed by atoms with van der Waals surface area (Å²) in [6.45, 7) is -0.149. The fourth-order valence-corrected chi connectivity index (χ4v) is 2.42. The first-order chi connectivity index (χ1) is 11.1. The fourth-order valence-electron chi connectivity index (χ4n) is 1.68. The molecule has 0 fully saturated rings. The van der Waals surface area contributed by atoms with Crippen molar-refractivity contribution in [3.8, 4) is 11.5 Å². The molecular weight excluding hydrogens is 384 g/mol. The molecule has 1 N–H and O–H groups in total. The lowest BCUT2D eigenvalue weighted by Crippen LogP contribution is -2.24. The molecule has 0 radical (unpaired) electrons. The van der Waals surface area contributed by atoms with Crippen molar-refractivity contribution >= 4 is 39.7 Å². The Labute approximate surface area is 147 Å². The highest BCUT2D eigenvalue weighted by molar-refractivity contribution is 9.10. The molecule has 120 valence electrons. The van der Waals surface area contributed by atoms with Crippen LogP contribution in [-0.4, -0.2) is 25.8 Å². The van der Waals surface area contributed by atoms with Gasteiger partial charge >= 0.3 is 0 Å². The third-order valence-electron chi connectivity index (χ3n) is 2.74. The number of ether oxygens (including phenoxy) is 2. The number of carbonyl (C=O) groups excluding carboxylic acids is 1. The van der Waals surface area contributed by atoms with Crippen molar-refractivity contribution in [1.29, 1.82) is 0 Å². The number of methoxy groups -OCH3 is 1. The molecule has 0 unspecified atom stereocenters. The van der Waals surface area contributed by atoms with Crippen molar-refractivity contribution < 1.29 is 14.3 Å². The van der Waals surface area contributed by atoms with Gasteiger partial charge in [0.15, 0.2) is 6.61 Å². The van der Waals surface area contributed by atoms with Crippen LogP contribution in [0.5, 0.6) is 11.5 Å². The van der Waals surface area contributed by atoms with Gasteiger partial charge in [-0.1, -0.05) is 17.7 Å². The normalized spacial score (nSPS) is 10.6. The van der Waals surface area contributed by atoms with Crippen molar-refractivity contribution in [2.45, 2.75) is 0 Å². The summed E-state index contributed by atoms with van der Waals surface area (Å²) in [7, 11) is 1.59. The summed E-state index contributed by atoms with van der Waals surface area (Å²) in [5.74, 6) is 0.880. The maximum Gasteiger partial charge on any atom is 0.277 e. The standard InChI is InChI=1S/C16H14BrClN2O3/c1-22-15-6-5-11(7-14(15)17)9-19-20-16(21)10-23-13-4-2-3-12(18)8-13/h2-9H,10H2,1H3,(H,20,21). The summed E-state index contributed by atoms with van der Waals surface area (Å²) in [5, 5.41) is 4.42. The Morgan fingerprint density at radius 3 is 2.87 bits per heavy atom. The number of benzene rings is 2. The zero-order chi connectivity index (χ0) is 16.7. The maximum absolute atomic E-state index is 11.6. The van der Waals surface area contributed by atoms with Crippen molar-refractivity contribution in [2.75, 3.05) is 13.7 Å². The van der Waals surface area contributed by atoms with E-state index in [1.54, 1.807) is 37.4 Å². The first kappa shape index (κ1) is 17.3. The molecule has 0 saturated carbocycles. The molecule has 0 atom stereocenters. The average Bonchev–Trinajstić information content (AvgIpc) is 2.53. The Bertz CT molecular complexity index is 722. The van der Waals surface area contributed by atoms with Crippen molar-refractivity contribution in [3.05, 3.63) is 57.5 Å². The molecule has 23 heavy (non-hydrogen) atoms. The van der Waals surface area contributed by atoms with Crippen LogP contribution in [-0.2, 0) is 4.79 Å². The van der Waals surface area contributed by atoms with Gasteiger partial charge in [0, 0.05) is 5.02 Å². The molecule has 0 saturated heterocycles. The topological polar surface area (TPSA) is 59.9 Å². The summed E-state index contributed by atoms with van der Waals surface area (Å²) in [5.41, 5.74) is 3.20. The van der Waals surface area contributed by atoms with Crippen molar-refractivity contribution in [2.24, 2.45) is 5.10 Å². The van der Waals surface area contributed by atoms with E-state index in [9.17, 15) is 4.79 Å². The Morgan fingerprint density at radius 1 is 1.35 bits per heavy atom. The second-order valence-corrected chi connectivity index (χ2v) is 5.72. The largest absolute Gasteiger partial charge is 0.496 e. The Hall–Kier alpha value is -2.05. The maximum atomic E-state index is 11.6. The molecule has 0 aliphatic carbocycles. The number of carbonyl (C=O) groups is 1. The fraction of sp³-hybridized carbons (Fsp3) is 0.125. The third-order valence-corrected chi connectivity index (χ3v) is 3.60. The molecule has 0 bridgehead atoms. The van der Waals surface area contributed by atoms with Gasteiger partial charge in [-0.25, -0.2) is 5.43 Å². The summed E-state index contributed by atoms with van der Waals surface area (Å²) in [4.78, 5) is 11.6. The van der Waals surface area contributed by atoms with Crippen LogP contribution < -0.4 is 14.9 Å². The lowest BCUT2D eigenvalue weighted by molar-refractivity contribution is -0.123. The number of nitrogens with one attached hydrogen (secondary N) is 1. The Morgan fingerprint density at radius 2 is 2.17 bits per heavy atom. The van der Waals surface area contributed by atoms with E-state index in [2.05, 4.69) is 26.5 Å². The molecule has 5 nitrogen and oxygen atoms in total. The van der Waals surface area contributed by atoms with Crippen molar-refractivity contribution in [3.63, 3.8) is 0 Å². The lowest BCUT2D eigenvalue weighted by atomic mass is 10.2. The van der Waals surface area contributed by atoms with Gasteiger partial charge in [0.25, 0.3) is 5.91 Å². The summed E-state index contributed by atoms with van der Waals surface area (Å²) in [6.07, 6.45) is 1.53. The SMILES string of the molecule is COc1ccc(C=NNC(=O)COc2cccc(Cl)c2)cc1Br. The molecule has 0 spiro atoms. The Kier molecular flexibility index (Phi) is 6.43. The van der Waals surface area contributed by atoms with Gasteiger partial charge in [0.05, 0.1) is 17.8 Å². The second-order valence-electron chi connectivity index (χ2n) is 4.43. The molecule has 0 heterocycles. The number of nitrogens with zero attached hydrogens (tertiary/aromatic N) is 1. The average molecular weight is 398 g/mol. The van der Waals surface area contributed by atoms with Crippen LogP contribution in [0.4, 0.5) is 0 Å². The number of rotatable bonds is 6. The van der Waals surface area contributed by atoms with E-state index in [4.69, 9.17) is 21.1 Å². The third kappa shape index (κ3) is 5.58. The van der Waals surface area contributed by atoms with Crippen LogP contribution in [0.25, 0.3) is 0 Å². The highest BCUT2D eigenvalue weighted by Crippen LogP contribution is 2.24. The zero-order valence-electron chi connectivity index (χ0n) is 12.3. The minimum atomic E-state index is -0.367. The second kappa shape index (κ2) is 8.55. The van der Waals surface area contributed by atoms with E-state index in [0.29, 0.717) is 10.8 Å². The molecule has 2 aromatic carbocycles. The van der Waals surface area contributed by atoms with Crippen LogP contribution in [0.1, 0.15) is 5.56 Å². The van der Waals surface area contributed by atoms with Crippen LogP contribution in [0, 0.1) is 0 Å². The first-order valence-corrected chi connectivity index (χ1v) is 7.79. The smallest absolute Gasteiger partial charge is 0.277 e. The number of amides is 1. The van der Waals surface area contributed by atoms with Gasteiger partial charge in [-0.2, -0.15) is 5.10 Å². The van der Waals surface area contributed by atoms with E-state index in [0.717, 1.165) is 15.8 Å². The van der Waals surface area contributed by atoms with Gasteiger partial charge in [0.2, 0.25) is 0 Å². The van der Waals surface area contributed by atoms with Gasteiger partial charge in [-0.3, -0.25) is 4.79 Å². The molecule has 2 rings (SSSR count). The van der Waals surface area contributed by atoms with Gasteiger partial charge < -0.3 is 9.47 Å². The van der Waals surface area contributed by atoms with Crippen LogP contribution in [0.15, 0.2) is 52.0 Å². The molecule has 7 heteroatoms. The van der Waals surface area contributed by atoms with Gasteiger partial charge in [-0.15, -0.1) is 0 Å². The molecule has 1 amide bonds. The molecule has 0 aliphatic rings. The molecule has 2 aromatic rings. The van der Waals surface area contributed by atoms with Crippen LogP contribution >= 0.6 is 27.5 Å². The number of hydrogen-bond donors (Lipinski definition) is 1. The minimum absolute atomic E-state index is 0.149. The van der Waals surface area contributed by atoms with Crippen LogP contribution in [0.2, 0.25) is 5.02 Å². The predicted molar refractivity (Wildman–Crippen MR) is 93.4 cm³/mol. The zero-order valence-corrected chi connectivity index (χ0v) is 14.6. The predicted octanol–water partition coefficient (Wildman–Crippen LogP) is 3.64. The molecule has 0 aromatic heterocycles. The minimum Gasteiger partial charge on any atom is -0.496 e. The van der Waals surface area contributed by atoms with Gasteiger partial charge in [0.1, 0.15) is 11.5 Å². The highest BCUT2D eigenvalue weighted by Gasteiger charge is 2.02. The quantitative estimate of drug-likeness (QED) is 0.598. The van der Waals surface area contributed by atoms with Gasteiger partial charge in [-0.05, 0) is 57.9 Å². The van der Waals surface area contributed by atoms with Crippen LogP contribution in [0.3, 0.4) is 0 Å².